The summed E-state index contributed by atoms with van der Waals surface area (Å²) in [5.74, 6) is -2.65. The van der Waals surface area contributed by atoms with Crippen molar-refractivity contribution in [3.63, 3.8) is 0 Å². The third-order valence-electron chi connectivity index (χ3n) is 4.49. The second-order valence-electron chi connectivity index (χ2n) is 6.72. The van der Waals surface area contributed by atoms with Gasteiger partial charge in [-0.2, -0.15) is 0 Å². The van der Waals surface area contributed by atoms with E-state index in [1.165, 1.54) is 43.3 Å². The highest BCUT2D eigenvalue weighted by Gasteiger charge is 2.29. The molecule has 0 heterocycles. The molecule has 0 fully saturated rings. The van der Waals surface area contributed by atoms with Crippen LogP contribution in [0.5, 0.6) is 0 Å². The molecule has 0 spiro atoms. The third kappa shape index (κ3) is 6.59. The van der Waals surface area contributed by atoms with Crippen LogP contribution < -0.4 is 10.6 Å². The summed E-state index contributed by atoms with van der Waals surface area (Å²) in [6.07, 6.45) is -0.362. The van der Waals surface area contributed by atoms with Gasteiger partial charge in [0.15, 0.2) is 0 Å². The van der Waals surface area contributed by atoms with E-state index in [4.69, 9.17) is 4.74 Å². The van der Waals surface area contributed by atoms with E-state index in [-0.39, 0.29) is 29.7 Å². The SMILES string of the molecule is COC(=O)[C@H](Cc1ccccc1[N+](=O)[O-])NC(=O)[C@H](Cc1ccccc1F)NC(C)=O. The molecule has 2 aromatic carbocycles. The minimum atomic E-state index is -1.25. The first-order chi connectivity index (χ1) is 14.7. The Hall–Kier alpha value is -3.82. The zero-order valence-corrected chi connectivity index (χ0v) is 17.0. The van der Waals surface area contributed by atoms with Gasteiger partial charge in [-0.3, -0.25) is 19.7 Å². The van der Waals surface area contributed by atoms with Crippen LogP contribution in [0.4, 0.5) is 10.1 Å². The van der Waals surface area contributed by atoms with Gasteiger partial charge < -0.3 is 15.4 Å². The molecule has 9 nitrogen and oxygen atoms in total. The van der Waals surface area contributed by atoms with Crippen molar-refractivity contribution in [3.05, 3.63) is 75.6 Å². The standard InChI is InChI=1S/C21H22FN3O6/c1-13(26)23-17(11-14-7-3-5-9-16(14)22)20(27)24-18(21(28)31-2)12-15-8-4-6-10-19(15)25(29)30/h3-10,17-18H,11-12H2,1-2H3,(H,23,26)(H,24,27)/t17-,18-/m0/s1. The molecular weight excluding hydrogens is 409 g/mol. The van der Waals surface area contributed by atoms with E-state index in [0.717, 1.165) is 7.11 Å². The van der Waals surface area contributed by atoms with E-state index in [9.17, 15) is 28.9 Å². The lowest BCUT2D eigenvalue weighted by atomic mass is 10.0. The summed E-state index contributed by atoms with van der Waals surface area (Å²) < 4.78 is 18.7. The van der Waals surface area contributed by atoms with Crippen LogP contribution in [0.15, 0.2) is 48.5 Å². The lowest BCUT2D eigenvalue weighted by Crippen LogP contribution is -2.53. The molecule has 0 aliphatic heterocycles. The van der Waals surface area contributed by atoms with E-state index >= 15 is 0 Å². The van der Waals surface area contributed by atoms with Gasteiger partial charge >= 0.3 is 5.97 Å². The van der Waals surface area contributed by atoms with Crippen molar-refractivity contribution in [2.24, 2.45) is 0 Å². The van der Waals surface area contributed by atoms with Crippen LogP contribution in [-0.2, 0) is 32.0 Å². The average Bonchev–Trinajstić information content (AvgIpc) is 2.73. The van der Waals surface area contributed by atoms with E-state index in [1.54, 1.807) is 12.1 Å². The van der Waals surface area contributed by atoms with Crippen molar-refractivity contribution in [2.45, 2.75) is 31.8 Å². The van der Waals surface area contributed by atoms with Gasteiger partial charge in [-0.05, 0) is 11.6 Å². The van der Waals surface area contributed by atoms with Crippen molar-refractivity contribution in [1.82, 2.24) is 10.6 Å². The molecule has 0 unspecified atom stereocenters. The first-order valence-corrected chi connectivity index (χ1v) is 9.34. The number of rotatable bonds is 9. The number of hydrogen-bond acceptors (Lipinski definition) is 6. The van der Waals surface area contributed by atoms with Gasteiger partial charge in [0.05, 0.1) is 12.0 Å². The molecule has 2 aromatic rings. The number of methoxy groups -OCH3 is 1. The van der Waals surface area contributed by atoms with Gasteiger partial charge in [0, 0.05) is 31.4 Å². The molecule has 31 heavy (non-hydrogen) atoms. The highest BCUT2D eigenvalue weighted by molar-refractivity contribution is 5.90. The zero-order chi connectivity index (χ0) is 23.0. The highest BCUT2D eigenvalue weighted by atomic mass is 19.1. The molecule has 0 saturated carbocycles. The molecule has 0 bridgehead atoms. The fourth-order valence-corrected chi connectivity index (χ4v) is 3.03. The molecule has 2 N–H and O–H groups in total. The van der Waals surface area contributed by atoms with Crippen LogP contribution in [-0.4, -0.2) is 41.9 Å². The fourth-order valence-electron chi connectivity index (χ4n) is 3.03. The van der Waals surface area contributed by atoms with Crippen LogP contribution in [0, 0.1) is 15.9 Å². The van der Waals surface area contributed by atoms with Crippen molar-refractivity contribution in [2.75, 3.05) is 7.11 Å². The summed E-state index contributed by atoms with van der Waals surface area (Å²) in [5.41, 5.74) is 0.202. The molecule has 164 valence electrons. The maximum atomic E-state index is 14.0. The Labute approximate surface area is 177 Å². The number of nitro benzene ring substituents is 1. The predicted molar refractivity (Wildman–Crippen MR) is 108 cm³/mol. The summed E-state index contributed by atoms with van der Waals surface area (Å²) in [6.45, 7) is 1.20. The Bertz CT molecular complexity index is 981. The Morgan fingerprint density at radius 1 is 1.00 bits per heavy atom. The second kappa shape index (κ2) is 10.8. The third-order valence-corrected chi connectivity index (χ3v) is 4.49. The Morgan fingerprint density at radius 3 is 2.16 bits per heavy atom. The second-order valence-corrected chi connectivity index (χ2v) is 6.72. The molecule has 0 radical (unpaired) electrons. The molecular formula is C21H22FN3O6. The predicted octanol–water partition coefficient (Wildman–Crippen LogP) is 1.68. The number of nitrogens with zero attached hydrogens (tertiary/aromatic N) is 1. The smallest absolute Gasteiger partial charge is 0.328 e. The number of ether oxygens (including phenoxy) is 1. The number of esters is 1. The number of benzene rings is 2. The molecule has 0 aliphatic rings. The number of carbonyl (C=O) groups excluding carboxylic acids is 3. The number of halogens is 1. The number of para-hydroxylation sites is 1. The quantitative estimate of drug-likeness (QED) is 0.353. The van der Waals surface area contributed by atoms with Gasteiger partial charge in [-0.25, -0.2) is 9.18 Å². The van der Waals surface area contributed by atoms with Gasteiger partial charge in [0.1, 0.15) is 17.9 Å². The van der Waals surface area contributed by atoms with Crippen LogP contribution >= 0.6 is 0 Å². The first kappa shape index (κ1) is 23.5. The van der Waals surface area contributed by atoms with Crippen LogP contribution in [0.25, 0.3) is 0 Å². The summed E-state index contributed by atoms with van der Waals surface area (Å²) in [5, 5.41) is 16.1. The van der Waals surface area contributed by atoms with Gasteiger partial charge in [0.25, 0.3) is 5.69 Å². The largest absolute Gasteiger partial charge is 0.467 e. The van der Waals surface area contributed by atoms with Crippen LogP contribution in [0.3, 0.4) is 0 Å². The Balaban J connectivity index is 2.26. The average molecular weight is 431 g/mol. The van der Waals surface area contributed by atoms with Gasteiger partial charge in [-0.1, -0.05) is 36.4 Å². The number of nitrogens with one attached hydrogen (secondary N) is 2. The summed E-state index contributed by atoms with van der Waals surface area (Å²) in [4.78, 5) is 47.3. The van der Waals surface area contributed by atoms with Crippen molar-refractivity contribution < 1.29 is 28.4 Å². The van der Waals surface area contributed by atoms with E-state index in [2.05, 4.69) is 10.6 Å². The minimum Gasteiger partial charge on any atom is -0.467 e. The molecule has 0 aromatic heterocycles. The van der Waals surface area contributed by atoms with Crippen LogP contribution in [0.1, 0.15) is 18.1 Å². The van der Waals surface area contributed by atoms with Gasteiger partial charge in [0.2, 0.25) is 11.8 Å². The van der Waals surface area contributed by atoms with E-state index < -0.39 is 40.6 Å². The topological polar surface area (TPSA) is 128 Å². The molecule has 0 aliphatic carbocycles. The number of nitro groups is 1. The Kier molecular flexibility index (Phi) is 8.18. The summed E-state index contributed by atoms with van der Waals surface area (Å²) >= 11 is 0. The monoisotopic (exact) mass is 431 g/mol. The molecule has 2 atom stereocenters. The fraction of sp³-hybridized carbons (Fsp3) is 0.286. The molecule has 2 rings (SSSR count). The lowest BCUT2D eigenvalue weighted by Gasteiger charge is -2.22. The Morgan fingerprint density at radius 2 is 1.58 bits per heavy atom. The summed E-state index contributed by atoms with van der Waals surface area (Å²) in [6, 6.07) is 9.15. The molecule has 0 saturated heterocycles. The molecule has 2 amide bonds. The number of carbonyl (C=O) groups is 3. The van der Waals surface area contributed by atoms with E-state index in [0.29, 0.717) is 0 Å². The van der Waals surface area contributed by atoms with Crippen molar-refractivity contribution >= 4 is 23.5 Å². The van der Waals surface area contributed by atoms with Crippen molar-refractivity contribution in [1.29, 1.82) is 0 Å². The minimum absolute atomic E-state index is 0.155. The van der Waals surface area contributed by atoms with E-state index in [1.807, 2.05) is 0 Å². The van der Waals surface area contributed by atoms with Crippen LogP contribution in [0.2, 0.25) is 0 Å². The zero-order valence-electron chi connectivity index (χ0n) is 17.0. The van der Waals surface area contributed by atoms with Gasteiger partial charge in [-0.15, -0.1) is 0 Å². The van der Waals surface area contributed by atoms with Crippen molar-refractivity contribution in [3.8, 4) is 0 Å². The normalized spacial score (nSPS) is 12.4. The highest BCUT2D eigenvalue weighted by Crippen LogP contribution is 2.20. The molecule has 10 heteroatoms. The maximum absolute atomic E-state index is 14.0. The maximum Gasteiger partial charge on any atom is 0.328 e. The number of hydrogen-bond donors (Lipinski definition) is 2. The first-order valence-electron chi connectivity index (χ1n) is 9.34. The number of amides is 2. The lowest BCUT2D eigenvalue weighted by molar-refractivity contribution is -0.385. The summed E-state index contributed by atoms with van der Waals surface area (Å²) in [7, 11) is 1.12.